The van der Waals surface area contributed by atoms with Crippen molar-refractivity contribution in [1.82, 2.24) is 0 Å². The van der Waals surface area contributed by atoms with Gasteiger partial charge in [-0.2, -0.15) is 0 Å². The van der Waals surface area contributed by atoms with Crippen molar-refractivity contribution in [2.24, 2.45) is 0 Å². The Morgan fingerprint density at radius 1 is 1.04 bits per heavy atom. The first-order valence-electron chi connectivity index (χ1n) is 10.8. The van der Waals surface area contributed by atoms with E-state index in [1.165, 1.54) is 18.4 Å². The average molecular weight is 381 g/mol. The van der Waals surface area contributed by atoms with Crippen molar-refractivity contribution < 1.29 is 9.13 Å². The van der Waals surface area contributed by atoms with Crippen LogP contribution >= 0.6 is 0 Å². The molecule has 2 aromatic carbocycles. The lowest BCUT2D eigenvalue weighted by atomic mass is 9.82. The second-order valence-electron chi connectivity index (χ2n) is 7.89. The van der Waals surface area contributed by atoms with Crippen molar-refractivity contribution in [1.29, 1.82) is 0 Å². The zero-order valence-corrected chi connectivity index (χ0v) is 17.3. The van der Waals surface area contributed by atoms with Gasteiger partial charge in [-0.25, -0.2) is 4.39 Å². The lowest BCUT2D eigenvalue weighted by Gasteiger charge is -2.29. The summed E-state index contributed by atoms with van der Waals surface area (Å²) >= 11 is 0. The Balaban J connectivity index is 1.61. The summed E-state index contributed by atoms with van der Waals surface area (Å²) in [6.45, 7) is 5.05. The van der Waals surface area contributed by atoms with E-state index in [1.807, 2.05) is 25.1 Å². The first kappa shape index (κ1) is 20.8. The summed E-state index contributed by atoms with van der Waals surface area (Å²) < 4.78 is 20.5. The van der Waals surface area contributed by atoms with Crippen molar-refractivity contribution in [3.05, 3.63) is 71.6 Å². The normalized spacial score (nSPS) is 20.0. The van der Waals surface area contributed by atoms with Gasteiger partial charge < -0.3 is 4.74 Å². The Morgan fingerprint density at radius 2 is 1.79 bits per heavy atom. The topological polar surface area (TPSA) is 9.23 Å². The van der Waals surface area contributed by atoms with E-state index in [0.717, 1.165) is 49.8 Å². The third-order valence-corrected chi connectivity index (χ3v) is 5.79. The second-order valence-corrected chi connectivity index (χ2v) is 7.89. The predicted molar refractivity (Wildman–Crippen MR) is 116 cm³/mol. The zero-order valence-electron chi connectivity index (χ0n) is 17.3. The van der Waals surface area contributed by atoms with Gasteiger partial charge in [-0.15, -0.1) is 0 Å². The van der Waals surface area contributed by atoms with Crippen LogP contribution in [0.15, 0.2) is 54.6 Å². The molecule has 3 rings (SSSR count). The van der Waals surface area contributed by atoms with Crippen LogP contribution in [0.25, 0.3) is 11.1 Å². The number of ether oxygens (including phenoxy) is 1. The Kier molecular flexibility index (Phi) is 7.85. The molecular formula is C26H33FO. The van der Waals surface area contributed by atoms with E-state index in [9.17, 15) is 4.39 Å². The molecular weight excluding hydrogens is 347 g/mol. The third-order valence-electron chi connectivity index (χ3n) is 5.79. The Labute approximate surface area is 169 Å². The van der Waals surface area contributed by atoms with Crippen molar-refractivity contribution in [3.8, 4) is 11.1 Å². The van der Waals surface area contributed by atoms with E-state index < -0.39 is 0 Å². The second kappa shape index (κ2) is 10.6. The molecule has 1 saturated carbocycles. The predicted octanol–water partition coefficient (Wildman–Crippen LogP) is 7.45. The highest BCUT2D eigenvalue weighted by Gasteiger charge is 2.22. The Hall–Kier alpha value is -1.93. The molecule has 0 unspecified atom stereocenters. The molecule has 0 amide bonds. The number of halogens is 1. The molecule has 150 valence electrons. The van der Waals surface area contributed by atoms with E-state index in [4.69, 9.17) is 4.74 Å². The fourth-order valence-electron chi connectivity index (χ4n) is 4.15. The summed E-state index contributed by atoms with van der Waals surface area (Å²) in [7, 11) is 0. The quantitative estimate of drug-likeness (QED) is 0.432. The van der Waals surface area contributed by atoms with Crippen LogP contribution in [-0.2, 0) is 11.2 Å². The van der Waals surface area contributed by atoms with E-state index in [1.54, 1.807) is 6.07 Å². The maximum absolute atomic E-state index is 14.6. The molecule has 0 N–H and O–H groups in total. The molecule has 0 atom stereocenters. The van der Waals surface area contributed by atoms with Crippen LogP contribution in [0.1, 0.15) is 69.4 Å². The summed E-state index contributed by atoms with van der Waals surface area (Å²) in [6.07, 6.45) is 12.2. The summed E-state index contributed by atoms with van der Waals surface area (Å²) in [5, 5.41) is 0. The monoisotopic (exact) mass is 380 g/mol. The number of hydrogen-bond acceptors (Lipinski definition) is 1. The zero-order chi connectivity index (χ0) is 19.8. The van der Waals surface area contributed by atoms with Gasteiger partial charge in [-0.05, 0) is 80.5 Å². The molecule has 0 saturated heterocycles. The van der Waals surface area contributed by atoms with Gasteiger partial charge in [-0.3, -0.25) is 0 Å². The molecule has 0 bridgehead atoms. The SMILES string of the molecule is C/C=C/CCc1ccc(-c2ccc(C3CCC(OCCC)CC3)cc2)c(F)c1. The van der Waals surface area contributed by atoms with Gasteiger partial charge in [0.25, 0.3) is 0 Å². The highest BCUT2D eigenvalue weighted by Crippen LogP contribution is 2.35. The van der Waals surface area contributed by atoms with Crippen LogP contribution < -0.4 is 0 Å². The molecule has 0 aliphatic heterocycles. The molecule has 1 fully saturated rings. The maximum atomic E-state index is 14.6. The summed E-state index contributed by atoms with van der Waals surface area (Å²) in [5.41, 5.74) is 4.08. The van der Waals surface area contributed by atoms with Gasteiger partial charge in [0.1, 0.15) is 5.82 Å². The minimum absolute atomic E-state index is 0.126. The van der Waals surface area contributed by atoms with E-state index >= 15 is 0 Å². The van der Waals surface area contributed by atoms with Gasteiger partial charge >= 0.3 is 0 Å². The smallest absolute Gasteiger partial charge is 0.131 e. The van der Waals surface area contributed by atoms with Crippen LogP contribution in [0.5, 0.6) is 0 Å². The number of hydrogen-bond donors (Lipinski definition) is 0. The lowest BCUT2D eigenvalue weighted by Crippen LogP contribution is -2.21. The van der Waals surface area contributed by atoms with Gasteiger partial charge in [0.05, 0.1) is 6.10 Å². The maximum Gasteiger partial charge on any atom is 0.131 e. The van der Waals surface area contributed by atoms with Crippen LogP contribution in [-0.4, -0.2) is 12.7 Å². The molecule has 28 heavy (non-hydrogen) atoms. The van der Waals surface area contributed by atoms with Crippen molar-refractivity contribution >= 4 is 0 Å². The third kappa shape index (κ3) is 5.54. The van der Waals surface area contributed by atoms with Gasteiger partial charge in [0, 0.05) is 12.2 Å². The average Bonchev–Trinajstić information content (AvgIpc) is 2.73. The standard InChI is InChI=1S/C26H33FO/c1-3-5-6-7-20-8-17-25(26(27)19-20)23-11-9-21(10-12-23)22-13-15-24(16-14-22)28-18-4-2/h3,5,8-12,17,19,22,24H,4,6-7,13-16,18H2,1-2H3/b5-3+. The number of allylic oxidation sites excluding steroid dienone is 2. The molecule has 0 spiro atoms. The molecule has 0 heterocycles. The van der Waals surface area contributed by atoms with Crippen molar-refractivity contribution in [2.45, 2.75) is 70.8 Å². The lowest BCUT2D eigenvalue weighted by molar-refractivity contribution is 0.0251. The molecule has 0 aromatic heterocycles. The highest BCUT2D eigenvalue weighted by molar-refractivity contribution is 5.65. The largest absolute Gasteiger partial charge is 0.378 e. The van der Waals surface area contributed by atoms with Crippen LogP contribution in [0.2, 0.25) is 0 Å². The fourth-order valence-corrected chi connectivity index (χ4v) is 4.15. The summed E-state index contributed by atoms with van der Waals surface area (Å²) in [6, 6.07) is 14.2. The number of benzene rings is 2. The number of aryl methyl sites for hydroxylation is 1. The van der Waals surface area contributed by atoms with Crippen LogP contribution in [0, 0.1) is 5.82 Å². The molecule has 0 radical (unpaired) electrons. The van der Waals surface area contributed by atoms with E-state index in [-0.39, 0.29) is 5.82 Å². The summed E-state index contributed by atoms with van der Waals surface area (Å²) in [4.78, 5) is 0. The van der Waals surface area contributed by atoms with E-state index in [0.29, 0.717) is 17.6 Å². The molecule has 1 aliphatic rings. The molecule has 2 aromatic rings. The minimum atomic E-state index is -0.126. The molecule has 2 heteroatoms. The van der Waals surface area contributed by atoms with Gasteiger partial charge in [0.15, 0.2) is 0 Å². The first-order chi connectivity index (χ1) is 13.7. The molecule has 1 aliphatic carbocycles. The van der Waals surface area contributed by atoms with Crippen molar-refractivity contribution in [2.75, 3.05) is 6.61 Å². The van der Waals surface area contributed by atoms with Gasteiger partial charge in [0.2, 0.25) is 0 Å². The Morgan fingerprint density at radius 3 is 2.43 bits per heavy atom. The summed E-state index contributed by atoms with van der Waals surface area (Å²) in [5.74, 6) is 0.480. The minimum Gasteiger partial charge on any atom is -0.378 e. The molecule has 1 nitrogen and oxygen atoms in total. The van der Waals surface area contributed by atoms with Gasteiger partial charge in [-0.1, -0.05) is 55.5 Å². The first-order valence-corrected chi connectivity index (χ1v) is 10.8. The van der Waals surface area contributed by atoms with E-state index in [2.05, 4.69) is 37.3 Å². The van der Waals surface area contributed by atoms with Crippen LogP contribution in [0.4, 0.5) is 4.39 Å². The number of rotatable bonds is 8. The van der Waals surface area contributed by atoms with Crippen LogP contribution in [0.3, 0.4) is 0 Å². The van der Waals surface area contributed by atoms with Crippen molar-refractivity contribution in [3.63, 3.8) is 0 Å². The Bertz CT molecular complexity index is 755. The fraction of sp³-hybridized carbons (Fsp3) is 0.462. The highest BCUT2D eigenvalue weighted by atomic mass is 19.1.